The predicted molar refractivity (Wildman–Crippen MR) is 61.2 cm³/mol. The fraction of sp³-hybridized carbons (Fsp3) is 0.818. The van der Waals surface area contributed by atoms with Crippen molar-refractivity contribution < 1.29 is 31.6 Å². The molecule has 1 aromatic heterocycles. The van der Waals surface area contributed by atoms with E-state index in [0.29, 0.717) is 25.5 Å². The highest BCUT2D eigenvalue weighted by atomic mass is 19.3. The summed E-state index contributed by atoms with van der Waals surface area (Å²) in [6, 6.07) is 0.0381. The van der Waals surface area contributed by atoms with E-state index in [2.05, 4.69) is 20.2 Å². The van der Waals surface area contributed by atoms with E-state index in [-0.39, 0.29) is 11.9 Å². The minimum atomic E-state index is -4.18. The van der Waals surface area contributed by atoms with Gasteiger partial charge in [-0.2, -0.15) is 13.8 Å². The number of aromatic nitrogens is 2. The van der Waals surface area contributed by atoms with E-state index in [1.807, 2.05) is 0 Å². The van der Waals surface area contributed by atoms with Crippen LogP contribution in [-0.2, 0) is 22.5 Å². The van der Waals surface area contributed by atoms with Gasteiger partial charge in [0.05, 0.1) is 13.2 Å². The Bertz CT molecular complexity index is 438. The van der Waals surface area contributed by atoms with Gasteiger partial charge in [-0.15, -0.1) is 0 Å². The van der Waals surface area contributed by atoms with E-state index in [1.54, 1.807) is 0 Å². The maximum Gasteiger partial charge on any atom is 0.330 e. The molecule has 1 unspecified atom stereocenters. The van der Waals surface area contributed by atoms with Crippen molar-refractivity contribution in [2.24, 2.45) is 0 Å². The van der Waals surface area contributed by atoms with Crippen molar-refractivity contribution in [2.75, 3.05) is 26.4 Å². The SMILES string of the molecule is FC(F)C(F)(F)COCc1noc(CC2COCCN2)n1. The smallest absolute Gasteiger partial charge is 0.330 e. The predicted octanol–water partition coefficient (Wildman–Crippen LogP) is 1.02. The largest absolute Gasteiger partial charge is 0.378 e. The molecule has 0 spiro atoms. The van der Waals surface area contributed by atoms with Crippen molar-refractivity contribution in [3.63, 3.8) is 0 Å². The van der Waals surface area contributed by atoms with Crippen molar-refractivity contribution in [3.8, 4) is 0 Å². The topological polar surface area (TPSA) is 69.4 Å². The van der Waals surface area contributed by atoms with Crippen LogP contribution in [0.5, 0.6) is 0 Å². The van der Waals surface area contributed by atoms with Gasteiger partial charge in [-0.05, 0) is 0 Å². The first kappa shape index (κ1) is 16.1. The second kappa shape index (κ2) is 7.14. The molecule has 1 atom stereocenters. The van der Waals surface area contributed by atoms with Gasteiger partial charge in [-0.1, -0.05) is 5.16 Å². The fourth-order valence-corrected chi connectivity index (χ4v) is 1.73. The number of alkyl halides is 4. The van der Waals surface area contributed by atoms with E-state index < -0.39 is 25.6 Å². The summed E-state index contributed by atoms with van der Waals surface area (Å²) in [6.07, 6.45) is -3.34. The Hall–Kier alpha value is -1.26. The van der Waals surface area contributed by atoms with E-state index in [4.69, 9.17) is 9.26 Å². The number of morpholine rings is 1. The van der Waals surface area contributed by atoms with Crippen LogP contribution in [0.3, 0.4) is 0 Å². The van der Waals surface area contributed by atoms with Crippen molar-refractivity contribution in [2.45, 2.75) is 31.4 Å². The summed E-state index contributed by atoms with van der Waals surface area (Å²) in [4.78, 5) is 3.94. The molecule has 0 bridgehead atoms. The maximum absolute atomic E-state index is 12.6. The van der Waals surface area contributed by atoms with E-state index in [0.717, 1.165) is 6.54 Å². The Balaban J connectivity index is 1.75. The molecule has 10 heteroatoms. The van der Waals surface area contributed by atoms with Crippen LogP contribution in [0.2, 0.25) is 0 Å². The highest BCUT2D eigenvalue weighted by Gasteiger charge is 2.41. The van der Waals surface area contributed by atoms with Gasteiger partial charge in [-0.3, -0.25) is 0 Å². The Labute approximate surface area is 117 Å². The molecule has 2 heterocycles. The number of hydrogen-bond acceptors (Lipinski definition) is 6. The van der Waals surface area contributed by atoms with Crippen molar-refractivity contribution >= 4 is 0 Å². The summed E-state index contributed by atoms with van der Waals surface area (Å²) in [7, 11) is 0. The summed E-state index contributed by atoms with van der Waals surface area (Å²) in [5.41, 5.74) is 0. The first-order valence-corrected chi connectivity index (χ1v) is 6.33. The first-order valence-electron chi connectivity index (χ1n) is 6.33. The van der Waals surface area contributed by atoms with E-state index in [1.165, 1.54) is 0 Å². The minimum absolute atomic E-state index is 0.0341. The third-order valence-electron chi connectivity index (χ3n) is 2.77. The summed E-state index contributed by atoms with van der Waals surface area (Å²) >= 11 is 0. The van der Waals surface area contributed by atoms with Crippen LogP contribution in [0.1, 0.15) is 11.7 Å². The molecule has 0 saturated carbocycles. The zero-order valence-electron chi connectivity index (χ0n) is 11.0. The molecule has 1 aromatic rings. The van der Waals surface area contributed by atoms with Crippen LogP contribution in [0.15, 0.2) is 4.52 Å². The third kappa shape index (κ3) is 4.90. The Kier molecular flexibility index (Phi) is 5.48. The van der Waals surface area contributed by atoms with Gasteiger partial charge in [0.15, 0.2) is 5.82 Å². The van der Waals surface area contributed by atoms with Gasteiger partial charge in [0.25, 0.3) is 0 Å². The third-order valence-corrected chi connectivity index (χ3v) is 2.77. The van der Waals surface area contributed by atoms with Crippen molar-refractivity contribution in [1.29, 1.82) is 0 Å². The molecule has 1 aliphatic heterocycles. The van der Waals surface area contributed by atoms with Gasteiger partial charge >= 0.3 is 12.3 Å². The number of nitrogens with zero attached hydrogens (tertiary/aromatic N) is 2. The van der Waals surface area contributed by atoms with Crippen LogP contribution in [0.25, 0.3) is 0 Å². The molecular weight excluding hydrogens is 298 g/mol. The second-order valence-corrected chi connectivity index (χ2v) is 4.59. The molecule has 1 aliphatic rings. The number of ether oxygens (including phenoxy) is 2. The molecule has 2 rings (SSSR count). The number of rotatable bonds is 7. The van der Waals surface area contributed by atoms with E-state index >= 15 is 0 Å². The first-order chi connectivity index (χ1) is 9.97. The molecular formula is C11H15F4N3O3. The van der Waals surface area contributed by atoms with Gasteiger partial charge in [0, 0.05) is 19.0 Å². The maximum atomic E-state index is 12.6. The van der Waals surface area contributed by atoms with Crippen molar-refractivity contribution in [1.82, 2.24) is 15.5 Å². The highest BCUT2D eigenvalue weighted by Crippen LogP contribution is 2.23. The lowest BCUT2D eigenvalue weighted by Gasteiger charge is -2.22. The Morgan fingerprint density at radius 3 is 2.90 bits per heavy atom. The molecule has 1 fully saturated rings. The number of hydrogen-bond donors (Lipinski definition) is 1. The van der Waals surface area contributed by atoms with Crippen LogP contribution in [0.4, 0.5) is 17.6 Å². The van der Waals surface area contributed by atoms with Gasteiger partial charge < -0.3 is 19.3 Å². The average molecular weight is 313 g/mol. The van der Waals surface area contributed by atoms with Crippen LogP contribution in [0, 0.1) is 0 Å². The monoisotopic (exact) mass is 313 g/mol. The molecule has 1 saturated heterocycles. The quantitative estimate of drug-likeness (QED) is 0.758. The molecule has 0 radical (unpaired) electrons. The number of nitrogens with one attached hydrogen (secondary N) is 1. The summed E-state index contributed by atoms with van der Waals surface area (Å²) in [5, 5.41) is 6.72. The highest BCUT2D eigenvalue weighted by molar-refractivity contribution is 4.89. The summed E-state index contributed by atoms with van der Waals surface area (Å²) in [5.74, 6) is -3.85. The molecule has 0 aliphatic carbocycles. The lowest BCUT2D eigenvalue weighted by atomic mass is 10.2. The zero-order valence-corrected chi connectivity index (χ0v) is 11.0. The van der Waals surface area contributed by atoms with Crippen LogP contribution < -0.4 is 5.32 Å². The van der Waals surface area contributed by atoms with Crippen LogP contribution in [-0.4, -0.2) is 54.9 Å². The summed E-state index contributed by atoms with van der Waals surface area (Å²) < 4.78 is 63.7. The lowest BCUT2D eigenvalue weighted by molar-refractivity contribution is -0.168. The Morgan fingerprint density at radius 2 is 2.24 bits per heavy atom. The number of halogens is 4. The standard InChI is InChI=1S/C11H15F4N3O3/c12-10(13)11(14,15)6-20-5-8-17-9(21-18-8)3-7-4-19-2-1-16-7/h7,10,16H,1-6H2. The molecule has 1 N–H and O–H groups in total. The van der Waals surface area contributed by atoms with Gasteiger partial charge in [-0.25, -0.2) is 8.78 Å². The molecule has 0 aromatic carbocycles. The van der Waals surface area contributed by atoms with Gasteiger partial charge in [0.1, 0.15) is 13.2 Å². The minimum Gasteiger partial charge on any atom is -0.378 e. The summed E-state index contributed by atoms with van der Waals surface area (Å²) in [6.45, 7) is 0.0526. The molecule has 0 amide bonds. The molecule has 120 valence electrons. The molecule has 21 heavy (non-hydrogen) atoms. The van der Waals surface area contributed by atoms with Crippen LogP contribution >= 0.6 is 0 Å². The zero-order chi connectivity index (χ0) is 15.3. The molecule has 6 nitrogen and oxygen atoms in total. The average Bonchev–Trinajstić information content (AvgIpc) is 2.87. The Morgan fingerprint density at radius 1 is 1.43 bits per heavy atom. The fourth-order valence-electron chi connectivity index (χ4n) is 1.73. The lowest BCUT2D eigenvalue weighted by Crippen LogP contribution is -2.42. The van der Waals surface area contributed by atoms with Crippen molar-refractivity contribution in [3.05, 3.63) is 11.7 Å². The normalized spacial score (nSPS) is 20.1. The van der Waals surface area contributed by atoms with Gasteiger partial charge in [0.2, 0.25) is 5.89 Å². The second-order valence-electron chi connectivity index (χ2n) is 4.59. The van der Waals surface area contributed by atoms with E-state index in [9.17, 15) is 17.6 Å².